The number of nitrogens with two attached hydrogens (primary N) is 1. The quantitative estimate of drug-likeness (QED) is 0.201. The minimum Gasteiger partial charge on any atom is -0.479 e. The summed E-state index contributed by atoms with van der Waals surface area (Å²) in [5, 5.41) is 41.3. The van der Waals surface area contributed by atoms with E-state index in [9.17, 15) is 24.0 Å². The lowest BCUT2D eigenvalue weighted by Gasteiger charge is -2.41. The van der Waals surface area contributed by atoms with Crippen LogP contribution in [0.25, 0.3) is 0 Å². The van der Waals surface area contributed by atoms with E-state index in [1.54, 1.807) is 25.8 Å². The van der Waals surface area contributed by atoms with Crippen LogP contribution in [0, 0.1) is 5.41 Å². The van der Waals surface area contributed by atoms with Gasteiger partial charge in [0.2, 0.25) is 11.8 Å². The molecule has 7 N–H and O–H groups in total. The van der Waals surface area contributed by atoms with E-state index in [0.29, 0.717) is 25.8 Å². The van der Waals surface area contributed by atoms with Crippen LogP contribution in [-0.4, -0.2) is 110 Å². The zero-order chi connectivity index (χ0) is 33.5. The number of aliphatic hydroxyl groups excluding tert-OH is 2. The molecule has 4 rings (SSSR count). The van der Waals surface area contributed by atoms with Gasteiger partial charge in [-0.25, -0.2) is 14.6 Å². The Morgan fingerprint density at radius 3 is 1.96 bits per heavy atom. The molecule has 0 saturated carbocycles. The van der Waals surface area contributed by atoms with Crippen LogP contribution in [-0.2, 0) is 36.8 Å². The first-order valence-corrected chi connectivity index (χ1v) is 14.2. The minimum atomic E-state index is -2.27. The van der Waals surface area contributed by atoms with E-state index >= 15 is 0 Å². The zero-order valence-corrected chi connectivity index (χ0v) is 25.3. The number of likely N-dealkylation sites (tertiary alicyclic amines) is 1. The first kappa shape index (κ1) is 34.8. The highest BCUT2D eigenvalue weighted by Gasteiger charge is 2.54. The van der Waals surface area contributed by atoms with Crippen molar-refractivity contribution in [3.05, 3.63) is 71.8 Å². The highest BCUT2D eigenvalue weighted by Crippen LogP contribution is 2.38. The number of nitrogens with zero attached hydrogens (tertiary/aromatic N) is 3. The second-order valence-electron chi connectivity index (χ2n) is 11.6. The molecular weight excluding hydrogens is 586 g/mol. The number of hydrogen-bond acceptors (Lipinski definition) is 9. The van der Waals surface area contributed by atoms with Gasteiger partial charge in [-0.3, -0.25) is 14.4 Å². The molecule has 2 aliphatic rings. The number of hydrazone groups is 1. The molecule has 2 aliphatic heterocycles. The van der Waals surface area contributed by atoms with Gasteiger partial charge in [0.15, 0.2) is 12.2 Å². The molecule has 0 aliphatic carbocycles. The summed E-state index contributed by atoms with van der Waals surface area (Å²) in [6.45, 7) is 3.87. The molecular formula is C31H39N5O9. The lowest BCUT2D eigenvalue weighted by atomic mass is 9.73. The fourth-order valence-electron chi connectivity index (χ4n) is 5.10. The van der Waals surface area contributed by atoms with E-state index in [1.165, 1.54) is 5.01 Å². The first-order chi connectivity index (χ1) is 21.1. The van der Waals surface area contributed by atoms with Crippen LogP contribution in [0.1, 0.15) is 31.4 Å². The third-order valence-corrected chi connectivity index (χ3v) is 7.54. The summed E-state index contributed by atoms with van der Waals surface area (Å²) < 4.78 is 0. The highest BCUT2D eigenvalue weighted by atomic mass is 16.4. The normalized spacial score (nSPS) is 19.7. The summed E-state index contributed by atoms with van der Waals surface area (Å²) in [6, 6.07) is 18.5. The molecule has 2 aromatic rings. The van der Waals surface area contributed by atoms with Gasteiger partial charge in [-0.15, -0.1) is 0 Å². The van der Waals surface area contributed by atoms with E-state index in [1.807, 2.05) is 60.7 Å². The number of aliphatic carboxylic acids is 2. The number of piperidine rings is 1. The number of benzene rings is 2. The van der Waals surface area contributed by atoms with Gasteiger partial charge in [-0.1, -0.05) is 60.7 Å². The maximum absolute atomic E-state index is 13.8. The number of fused-ring (bicyclic) bond motifs is 1. The van der Waals surface area contributed by atoms with Crippen molar-refractivity contribution in [2.45, 2.75) is 56.9 Å². The van der Waals surface area contributed by atoms with Gasteiger partial charge in [0.25, 0.3) is 5.91 Å². The summed E-state index contributed by atoms with van der Waals surface area (Å²) in [5.74, 6) is -4.27. The lowest BCUT2D eigenvalue weighted by molar-refractivity contribution is -0.165. The zero-order valence-electron chi connectivity index (χ0n) is 25.3. The third kappa shape index (κ3) is 8.50. The fraction of sp³-hybridized carbons (Fsp3) is 0.419. The lowest BCUT2D eigenvalue weighted by Crippen LogP contribution is -2.61. The predicted octanol–water partition coefficient (Wildman–Crippen LogP) is -0.382. The summed E-state index contributed by atoms with van der Waals surface area (Å²) >= 11 is 0. The number of hydrogen-bond donors (Lipinski definition) is 6. The number of carbonyl (C=O) groups excluding carboxylic acids is 3. The van der Waals surface area contributed by atoms with Crippen molar-refractivity contribution in [1.29, 1.82) is 0 Å². The average Bonchev–Trinajstić information content (AvgIpc) is 3.24. The Morgan fingerprint density at radius 2 is 1.47 bits per heavy atom. The van der Waals surface area contributed by atoms with Gasteiger partial charge in [-0.2, -0.15) is 5.10 Å². The number of amides is 3. The smallest absolute Gasteiger partial charge is 0.335 e. The van der Waals surface area contributed by atoms with Gasteiger partial charge in [0.05, 0.1) is 11.3 Å². The van der Waals surface area contributed by atoms with Gasteiger partial charge in [0, 0.05) is 33.0 Å². The van der Waals surface area contributed by atoms with Crippen molar-refractivity contribution in [3.63, 3.8) is 0 Å². The number of carboxylic acids is 2. The Balaban J connectivity index is 0.000000477. The molecule has 0 radical (unpaired) electrons. The third-order valence-electron chi connectivity index (χ3n) is 7.54. The van der Waals surface area contributed by atoms with Crippen LogP contribution in [0.15, 0.2) is 65.8 Å². The predicted molar refractivity (Wildman–Crippen MR) is 162 cm³/mol. The molecule has 1 saturated heterocycles. The van der Waals surface area contributed by atoms with Crippen LogP contribution in [0.5, 0.6) is 0 Å². The summed E-state index contributed by atoms with van der Waals surface area (Å²) in [5.41, 5.74) is 6.72. The van der Waals surface area contributed by atoms with E-state index in [-0.39, 0.29) is 18.4 Å². The van der Waals surface area contributed by atoms with E-state index < -0.39 is 47.0 Å². The Hall–Kier alpha value is -4.66. The van der Waals surface area contributed by atoms with Crippen molar-refractivity contribution in [2.75, 3.05) is 20.1 Å². The molecule has 3 amide bonds. The molecule has 2 heterocycles. The van der Waals surface area contributed by atoms with Gasteiger partial charge >= 0.3 is 11.9 Å². The SMILES string of the molecule is CN1N=C2CCN(C(=O)C(Cc3ccccc3)NC(=O)C(C)(C)N)CC2(Cc2ccccc2)C1=O.O=C(O)C(O)C(O)C(=O)O. The summed E-state index contributed by atoms with van der Waals surface area (Å²) in [6.07, 6.45) is -3.23. The average molecular weight is 626 g/mol. The van der Waals surface area contributed by atoms with Crippen LogP contribution in [0.3, 0.4) is 0 Å². The second-order valence-corrected chi connectivity index (χ2v) is 11.6. The molecule has 45 heavy (non-hydrogen) atoms. The molecule has 14 heteroatoms. The molecule has 14 nitrogen and oxygen atoms in total. The molecule has 2 aromatic carbocycles. The topological polar surface area (TPSA) is 223 Å². The van der Waals surface area contributed by atoms with Crippen molar-refractivity contribution in [2.24, 2.45) is 16.3 Å². The Bertz CT molecular complexity index is 1410. The van der Waals surface area contributed by atoms with Crippen LogP contribution in [0.4, 0.5) is 0 Å². The number of nitrogens with one attached hydrogen (secondary N) is 1. The molecule has 1 fully saturated rings. The van der Waals surface area contributed by atoms with Gasteiger partial charge < -0.3 is 36.4 Å². The van der Waals surface area contributed by atoms with Crippen LogP contribution < -0.4 is 11.1 Å². The number of carboxylic acid groups (broad SMARTS) is 2. The largest absolute Gasteiger partial charge is 0.479 e. The van der Waals surface area contributed by atoms with Gasteiger partial charge in [-0.05, 0) is 31.4 Å². The minimum absolute atomic E-state index is 0.111. The molecule has 4 unspecified atom stereocenters. The van der Waals surface area contributed by atoms with Gasteiger partial charge in [0.1, 0.15) is 11.5 Å². The number of rotatable bonds is 10. The number of carbonyl (C=O) groups is 5. The first-order valence-electron chi connectivity index (χ1n) is 14.2. The Morgan fingerprint density at radius 1 is 0.956 bits per heavy atom. The molecule has 0 spiro atoms. The molecule has 4 atom stereocenters. The summed E-state index contributed by atoms with van der Waals surface area (Å²) in [7, 11) is 1.66. The second kappa shape index (κ2) is 14.4. The van der Waals surface area contributed by atoms with Crippen LogP contribution >= 0.6 is 0 Å². The molecule has 0 bridgehead atoms. The monoisotopic (exact) mass is 625 g/mol. The Kier molecular flexibility index (Phi) is 11.2. The summed E-state index contributed by atoms with van der Waals surface area (Å²) in [4.78, 5) is 61.2. The highest BCUT2D eigenvalue weighted by molar-refractivity contribution is 6.13. The Labute approximate surface area is 260 Å². The van der Waals surface area contributed by atoms with Crippen LogP contribution in [0.2, 0.25) is 0 Å². The standard InChI is InChI=1S/C27H33N5O3.C4H6O6/c1-26(2,28)24(34)29-21(16-19-10-6-4-7-11-19)23(33)32-15-14-22-27(18-32,25(35)31(3)30-22)17-20-12-8-5-9-13-20;5-1(3(7)8)2(6)4(9)10/h4-13,21H,14-18,28H2,1-3H3,(H,29,34);1-2,5-6H,(H,7,8)(H,9,10). The van der Waals surface area contributed by atoms with E-state index in [4.69, 9.17) is 26.2 Å². The molecule has 0 aromatic heterocycles. The van der Waals surface area contributed by atoms with Crippen molar-refractivity contribution in [1.82, 2.24) is 15.2 Å². The van der Waals surface area contributed by atoms with Crippen molar-refractivity contribution in [3.8, 4) is 0 Å². The van der Waals surface area contributed by atoms with Crippen molar-refractivity contribution < 1.29 is 44.4 Å². The maximum Gasteiger partial charge on any atom is 0.335 e. The van der Waals surface area contributed by atoms with E-state index in [0.717, 1.165) is 16.8 Å². The van der Waals surface area contributed by atoms with E-state index in [2.05, 4.69) is 10.4 Å². The maximum atomic E-state index is 13.8. The fourth-order valence-corrected chi connectivity index (χ4v) is 5.10. The van der Waals surface area contributed by atoms with Crippen molar-refractivity contribution >= 4 is 35.4 Å². The molecule has 242 valence electrons. The number of aliphatic hydroxyl groups is 2.